The number of rotatable bonds is 7. The van der Waals surface area contributed by atoms with E-state index in [1.54, 1.807) is 14.2 Å². The molecule has 0 radical (unpaired) electrons. The SMILES string of the molecule is COc1ccc([C@@H]2[C@@H](CCCO)C(=O)N2c2ccc(OC)cc2)cc1. The van der Waals surface area contributed by atoms with Gasteiger partial charge >= 0.3 is 0 Å². The van der Waals surface area contributed by atoms with Gasteiger partial charge in [-0.15, -0.1) is 0 Å². The lowest BCUT2D eigenvalue weighted by Crippen LogP contribution is -2.55. The van der Waals surface area contributed by atoms with Crippen LogP contribution in [0.5, 0.6) is 11.5 Å². The smallest absolute Gasteiger partial charge is 0.233 e. The third-order valence-corrected chi connectivity index (χ3v) is 4.70. The Bertz CT molecular complexity index is 711. The van der Waals surface area contributed by atoms with E-state index in [2.05, 4.69) is 0 Å². The second-order valence-corrected chi connectivity index (χ2v) is 6.10. The fourth-order valence-corrected chi connectivity index (χ4v) is 3.35. The minimum atomic E-state index is -0.109. The summed E-state index contributed by atoms with van der Waals surface area (Å²) in [5.41, 5.74) is 1.92. The number of hydrogen-bond acceptors (Lipinski definition) is 4. The molecule has 3 rings (SSSR count). The van der Waals surface area contributed by atoms with Crippen LogP contribution in [0, 0.1) is 5.92 Å². The third-order valence-electron chi connectivity index (χ3n) is 4.70. The van der Waals surface area contributed by atoms with E-state index in [1.165, 1.54) is 0 Å². The van der Waals surface area contributed by atoms with Crippen LogP contribution in [0.1, 0.15) is 24.4 Å². The van der Waals surface area contributed by atoms with Crippen molar-refractivity contribution in [2.24, 2.45) is 5.92 Å². The van der Waals surface area contributed by atoms with E-state index in [-0.39, 0.29) is 24.5 Å². The van der Waals surface area contributed by atoms with Crippen LogP contribution in [-0.4, -0.2) is 31.8 Å². The molecule has 2 atom stereocenters. The van der Waals surface area contributed by atoms with Gasteiger partial charge < -0.3 is 19.5 Å². The van der Waals surface area contributed by atoms with Gasteiger partial charge in [0, 0.05) is 12.3 Å². The van der Waals surface area contributed by atoms with Gasteiger partial charge in [0.25, 0.3) is 0 Å². The Hall–Kier alpha value is -2.53. The molecule has 0 unspecified atom stereocenters. The van der Waals surface area contributed by atoms with Crippen molar-refractivity contribution in [1.82, 2.24) is 0 Å². The Balaban J connectivity index is 1.89. The Kier molecular flexibility index (Phi) is 5.24. The van der Waals surface area contributed by atoms with Gasteiger partial charge in [0.05, 0.1) is 26.2 Å². The largest absolute Gasteiger partial charge is 0.497 e. The number of carbonyl (C=O) groups is 1. The summed E-state index contributed by atoms with van der Waals surface area (Å²) >= 11 is 0. The summed E-state index contributed by atoms with van der Waals surface area (Å²) in [5.74, 6) is 1.54. The van der Waals surface area contributed by atoms with Gasteiger partial charge in [-0.25, -0.2) is 0 Å². The topological polar surface area (TPSA) is 59.0 Å². The lowest BCUT2D eigenvalue weighted by Gasteiger charge is -2.47. The predicted octanol–water partition coefficient (Wildman–Crippen LogP) is 3.18. The zero-order valence-electron chi connectivity index (χ0n) is 14.5. The van der Waals surface area contributed by atoms with E-state index < -0.39 is 0 Å². The predicted molar refractivity (Wildman–Crippen MR) is 96.0 cm³/mol. The summed E-state index contributed by atoms with van der Waals surface area (Å²) in [4.78, 5) is 14.5. The summed E-state index contributed by atoms with van der Waals surface area (Å²) in [5, 5.41) is 9.13. The molecule has 2 aromatic carbocycles. The van der Waals surface area contributed by atoms with E-state index >= 15 is 0 Å². The normalized spacial score (nSPS) is 19.5. The first-order valence-corrected chi connectivity index (χ1v) is 8.41. The van der Waals surface area contributed by atoms with E-state index in [1.807, 2.05) is 53.4 Å². The number of ether oxygens (including phenoxy) is 2. The summed E-state index contributed by atoms with van der Waals surface area (Å²) in [6.07, 6.45) is 1.30. The van der Waals surface area contributed by atoms with Gasteiger partial charge in [0.15, 0.2) is 0 Å². The summed E-state index contributed by atoms with van der Waals surface area (Å²) < 4.78 is 10.4. The van der Waals surface area contributed by atoms with E-state index in [4.69, 9.17) is 14.6 Å². The second-order valence-electron chi connectivity index (χ2n) is 6.10. The highest BCUT2D eigenvalue weighted by Crippen LogP contribution is 2.45. The van der Waals surface area contributed by atoms with Crippen LogP contribution in [0.2, 0.25) is 0 Å². The van der Waals surface area contributed by atoms with Gasteiger partial charge in [-0.05, 0) is 54.8 Å². The zero-order valence-corrected chi connectivity index (χ0v) is 14.5. The number of carbonyl (C=O) groups excluding carboxylic acids is 1. The molecule has 25 heavy (non-hydrogen) atoms. The molecule has 1 aliphatic rings. The number of aliphatic hydroxyl groups is 1. The van der Waals surface area contributed by atoms with Crippen molar-refractivity contribution in [2.75, 3.05) is 25.7 Å². The van der Waals surface area contributed by atoms with Crippen molar-refractivity contribution < 1.29 is 19.4 Å². The number of anilines is 1. The Labute approximate surface area is 147 Å². The minimum absolute atomic E-state index is 0.0293. The molecule has 0 bridgehead atoms. The maximum absolute atomic E-state index is 12.7. The number of hydrogen-bond donors (Lipinski definition) is 1. The molecule has 1 aliphatic heterocycles. The number of β-lactam (4-membered cyclic amide) rings is 1. The first kappa shape index (κ1) is 17.3. The van der Waals surface area contributed by atoms with Crippen molar-refractivity contribution in [1.29, 1.82) is 0 Å². The molecule has 5 heteroatoms. The van der Waals surface area contributed by atoms with Crippen molar-refractivity contribution in [2.45, 2.75) is 18.9 Å². The first-order chi connectivity index (χ1) is 12.2. The van der Waals surface area contributed by atoms with Crippen molar-refractivity contribution in [3.63, 3.8) is 0 Å². The lowest BCUT2D eigenvalue weighted by molar-refractivity contribution is -0.130. The fourth-order valence-electron chi connectivity index (χ4n) is 3.35. The van der Waals surface area contributed by atoms with Crippen LogP contribution in [0.15, 0.2) is 48.5 Å². The van der Waals surface area contributed by atoms with Gasteiger partial charge in [0.1, 0.15) is 11.5 Å². The molecule has 2 aromatic rings. The van der Waals surface area contributed by atoms with E-state index in [0.29, 0.717) is 12.8 Å². The lowest BCUT2D eigenvalue weighted by atomic mass is 9.79. The molecule has 132 valence electrons. The van der Waals surface area contributed by atoms with Gasteiger partial charge in [-0.2, -0.15) is 0 Å². The highest BCUT2D eigenvalue weighted by molar-refractivity contribution is 6.03. The van der Waals surface area contributed by atoms with Crippen molar-refractivity contribution >= 4 is 11.6 Å². The number of aliphatic hydroxyl groups excluding tert-OH is 1. The molecule has 0 spiro atoms. The van der Waals surface area contributed by atoms with Crippen LogP contribution >= 0.6 is 0 Å². The highest BCUT2D eigenvalue weighted by atomic mass is 16.5. The number of amides is 1. The van der Waals surface area contributed by atoms with Gasteiger partial charge in [-0.1, -0.05) is 12.1 Å². The first-order valence-electron chi connectivity index (χ1n) is 8.41. The van der Waals surface area contributed by atoms with E-state index in [0.717, 1.165) is 22.7 Å². The van der Waals surface area contributed by atoms with Crippen LogP contribution in [0.25, 0.3) is 0 Å². The summed E-state index contributed by atoms with van der Waals surface area (Å²) in [6, 6.07) is 15.3. The maximum atomic E-state index is 12.7. The molecule has 0 aliphatic carbocycles. The molecule has 1 saturated heterocycles. The Morgan fingerprint density at radius 1 is 0.960 bits per heavy atom. The van der Waals surface area contributed by atoms with Crippen LogP contribution in [0.4, 0.5) is 5.69 Å². The number of benzene rings is 2. The molecule has 0 aromatic heterocycles. The van der Waals surface area contributed by atoms with Crippen LogP contribution in [0.3, 0.4) is 0 Å². The zero-order chi connectivity index (χ0) is 17.8. The average molecular weight is 341 g/mol. The van der Waals surface area contributed by atoms with Crippen LogP contribution < -0.4 is 14.4 Å². The van der Waals surface area contributed by atoms with E-state index in [9.17, 15) is 4.79 Å². The van der Waals surface area contributed by atoms with Crippen LogP contribution in [-0.2, 0) is 4.79 Å². The molecule has 0 saturated carbocycles. The van der Waals surface area contributed by atoms with Gasteiger partial charge in [-0.3, -0.25) is 4.79 Å². The number of nitrogens with zero attached hydrogens (tertiary/aromatic N) is 1. The molecular weight excluding hydrogens is 318 g/mol. The minimum Gasteiger partial charge on any atom is -0.497 e. The summed E-state index contributed by atoms with van der Waals surface area (Å²) in [6.45, 7) is 0.0989. The molecule has 5 nitrogen and oxygen atoms in total. The Morgan fingerprint density at radius 2 is 1.52 bits per heavy atom. The maximum Gasteiger partial charge on any atom is 0.233 e. The highest BCUT2D eigenvalue weighted by Gasteiger charge is 2.48. The number of methoxy groups -OCH3 is 2. The third kappa shape index (κ3) is 3.33. The Morgan fingerprint density at radius 3 is 2.04 bits per heavy atom. The quantitative estimate of drug-likeness (QED) is 0.786. The molecule has 1 heterocycles. The van der Waals surface area contributed by atoms with Gasteiger partial charge in [0.2, 0.25) is 5.91 Å². The standard InChI is InChI=1S/C20H23NO4/c1-24-16-9-5-14(6-10-16)19-18(4-3-13-22)20(23)21(19)15-7-11-17(25-2)12-8-15/h5-12,18-19,22H,3-4,13H2,1-2H3/t18-,19-/m1/s1. The van der Waals surface area contributed by atoms with Crippen molar-refractivity contribution in [3.05, 3.63) is 54.1 Å². The monoisotopic (exact) mass is 341 g/mol. The fraction of sp³-hybridized carbons (Fsp3) is 0.350. The van der Waals surface area contributed by atoms with Crippen molar-refractivity contribution in [3.8, 4) is 11.5 Å². The molecule has 1 amide bonds. The second kappa shape index (κ2) is 7.57. The summed E-state index contributed by atoms with van der Waals surface area (Å²) in [7, 11) is 3.25. The molecule has 1 fully saturated rings. The molecule has 1 N–H and O–H groups in total. The molecular formula is C20H23NO4. The average Bonchev–Trinajstić information content (AvgIpc) is 2.67.